The number of nitrogens with one attached hydrogen (secondary N) is 1. The van der Waals surface area contributed by atoms with Crippen molar-refractivity contribution < 1.29 is 19.0 Å². The van der Waals surface area contributed by atoms with Crippen LogP contribution in [0.1, 0.15) is 16.1 Å². The predicted molar refractivity (Wildman–Crippen MR) is 124 cm³/mol. The Morgan fingerprint density at radius 2 is 1.71 bits per heavy atom. The molecule has 0 aliphatic heterocycles. The van der Waals surface area contributed by atoms with Crippen LogP contribution in [-0.2, 0) is 11.2 Å². The summed E-state index contributed by atoms with van der Waals surface area (Å²) in [5, 5.41) is 6.02. The number of ether oxygens (including phenoxy) is 3. The Hall–Kier alpha value is -3.32. The first-order valence-corrected chi connectivity index (χ1v) is 10.7. The number of hydrogen-bond acceptors (Lipinski definition) is 6. The molecule has 0 spiro atoms. The number of carbonyl (C=O) groups excluding carboxylic acids is 1. The van der Waals surface area contributed by atoms with Crippen molar-refractivity contribution in [3.05, 3.63) is 64.0 Å². The Kier molecular flexibility index (Phi) is 7.67. The molecule has 2 aromatic carbocycles. The zero-order chi connectivity index (χ0) is 22.2. The fourth-order valence-electron chi connectivity index (χ4n) is 3.08. The summed E-state index contributed by atoms with van der Waals surface area (Å²) in [6.45, 7) is 2.54. The first-order chi connectivity index (χ1) is 15.0. The molecular weight excluding hydrogens is 412 g/mol. The third kappa shape index (κ3) is 5.86. The van der Waals surface area contributed by atoms with E-state index in [1.54, 1.807) is 50.9 Å². The lowest BCUT2D eigenvalue weighted by molar-refractivity contribution is -0.116. The van der Waals surface area contributed by atoms with Crippen molar-refractivity contribution in [3.63, 3.8) is 0 Å². The molecule has 1 heterocycles. The first-order valence-electron chi connectivity index (χ1n) is 9.81. The molecule has 0 fully saturated rings. The number of thiazole rings is 1. The maximum atomic E-state index is 12.2. The van der Waals surface area contributed by atoms with Crippen LogP contribution in [0.3, 0.4) is 0 Å². The maximum absolute atomic E-state index is 12.2. The summed E-state index contributed by atoms with van der Waals surface area (Å²) in [5.74, 6) is 1.56. The predicted octanol–water partition coefficient (Wildman–Crippen LogP) is 4.52. The quantitative estimate of drug-likeness (QED) is 0.498. The summed E-state index contributed by atoms with van der Waals surface area (Å²) < 4.78 is 16.0. The number of aryl methyl sites for hydroxylation is 1. The zero-order valence-electron chi connectivity index (χ0n) is 18.1. The lowest BCUT2D eigenvalue weighted by atomic mass is 10.1. The molecule has 6 nitrogen and oxygen atoms in total. The Morgan fingerprint density at radius 1 is 1.03 bits per heavy atom. The van der Waals surface area contributed by atoms with E-state index in [0.29, 0.717) is 23.8 Å². The SMILES string of the molecule is COc1cc(OC)c(OC)cc1/C=C/C(=O)NCCc1ccc(-c2csc(C)n2)cc1. The number of methoxy groups -OCH3 is 3. The summed E-state index contributed by atoms with van der Waals surface area (Å²) >= 11 is 1.64. The molecule has 1 amide bonds. The van der Waals surface area contributed by atoms with Crippen molar-refractivity contribution in [1.82, 2.24) is 10.3 Å². The Balaban J connectivity index is 1.55. The second kappa shape index (κ2) is 10.6. The highest BCUT2D eigenvalue weighted by Crippen LogP contribution is 2.35. The van der Waals surface area contributed by atoms with E-state index in [9.17, 15) is 4.79 Å². The van der Waals surface area contributed by atoms with Gasteiger partial charge in [-0.3, -0.25) is 4.79 Å². The van der Waals surface area contributed by atoms with Gasteiger partial charge in [-0.25, -0.2) is 4.98 Å². The lowest BCUT2D eigenvalue weighted by Crippen LogP contribution is -2.23. The van der Waals surface area contributed by atoms with Crippen molar-refractivity contribution >= 4 is 23.3 Å². The van der Waals surface area contributed by atoms with Gasteiger partial charge >= 0.3 is 0 Å². The van der Waals surface area contributed by atoms with Gasteiger partial charge in [-0.05, 0) is 31.1 Å². The third-order valence-corrected chi connectivity index (χ3v) is 5.51. The van der Waals surface area contributed by atoms with E-state index in [1.807, 2.05) is 6.92 Å². The summed E-state index contributed by atoms with van der Waals surface area (Å²) in [5.41, 5.74) is 3.98. The summed E-state index contributed by atoms with van der Waals surface area (Å²) in [7, 11) is 4.70. The Morgan fingerprint density at radius 3 is 2.32 bits per heavy atom. The number of carbonyl (C=O) groups is 1. The van der Waals surface area contributed by atoms with E-state index < -0.39 is 0 Å². The fourth-order valence-corrected chi connectivity index (χ4v) is 3.70. The van der Waals surface area contributed by atoms with Gasteiger partial charge in [-0.2, -0.15) is 0 Å². The Labute approximate surface area is 186 Å². The van der Waals surface area contributed by atoms with Gasteiger partial charge in [0.25, 0.3) is 0 Å². The van der Waals surface area contributed by atoms with Gasteiger partial charge in [0.1, 0.15) is 5.75 Å². The normalized spacial score (nSPS) is 10.8. The molecule has 1 N–H and O–H groups in total. The van der Waals surface area contributed by atoms with Crippen molar-refractivity contribution in [1.29, 1.82) is 0 Å². The highest BCUT2D eigenvalue weighted by Gasteiger charge is 2.10. The van der Waals surface area contributed by atoms with Crippen molar-refractivity contribution in [2.75, 3.05) is 27.9 Å². The van der Waals surface area contributed by atoms with E-state index in [4.69, 9.17) is 14.2 Å². The summed E-state index contributed by atoms with van der Waals surface area (Å²) in [4.78, 5) is 16.7. The maximum Gasteiger partial charge on any atom is 0.244 e. The number of benzene rings is 2. The topological polar surface area (TPSA) is 69.7 Å². The second-order valence-electron chi connectivity index (χ2n) is 6.77. The molecule has 31 heavy (non-hydrogen) atoms. The second-order valence-corrected chi connectivity index (χ2v) is 7.83. The molecule has 0 atom stereocenters. The van der Waals surface area contributed by atoms with Crippen LogP contribution in [0.5, 0.6) is 17.2 Å². The lowest BCUT2D eigenvalue weighted by Gasteiger charge is -2.12. The van der Waals surface area contributed by atoms with E-state index in [1.165, 1.54) is 6.08 Å². The average Bonchev–Trinajstić information content (AvgIpc) is 3.23. The number of amides is 1. The van der Waals surface area contributed by atoms with Crippen LogP contribution in [0.25, 0.3) is 17.3 Å². The number of rotatable bonds is 9. The van der Waals surface area contributed by atoms with Crippen molar-refractivity contribution in [3.8, 4) is 28.5 Å². The molecule has 0 saturated heterocycles. The van der Waals surface area contributed by atoms with Crippen LogP contribution in [-0.4, -0.2) is 38.8 Å². The third-order valence-electron chi connectivity index (χ3n) is 4.73. The van der Waals surface area contributed by atoms with Crippen molar-refractivity contribution in [2.24, 2.45) is 0 Å². The van der Waals surface area contributed by atoms with Gasteiger partial charge in [-0.1, -0.05) is 24.3 Å². The average molecular weight is 439 g/mol. The van der Waals surface area contributed by atoms with Gasteiger partial charge in [0.2, 0.25) is 5.91 Å². The van der Waals surface area contributed by atoms with E-state index in [0.717, 1.165) is 33.8 Å². The number of hydrogen-bond donors (Lipinski definition) is 1. The minimum Gasteiger partial charge on any atom is -0.496 e. The number of aromatic nitrogens is 1. The molecular formula is C24H26N2O4S. The first kappa shape index (κ1) is 22.4. The van der Waals surface area contributed by atoms with Crippen LogP contribution >= 0.6 is 11.3 Å². The van der Waals surface area contributed by atoms with Gasteiger partial charge in [0.05, 0.1) is 32.0 Å². The van der Waals surface area contributed by atoms with E-state index in [2.05, 4.69) is 39.9 Å². The standard InChI is InChI=1S/C24H26N2O4S/c1-16-26-20(15-31-16)18-7-5-17(6-8-18)11-12-25-24(27)10-9-19-13-22(29-3)23(30-4)14-21(19)28-2/h5-10,13-15H,11-12H2,1-4H3,(H,25,27)/b10-9+. The monoisotopic (exact) mass is 438 g/mol. The molecule has 0 bridgehead atoms. The van der Waals surface area contributed by atoms with Gasteiger partial charge < -0.3 is 19.5 Å². The smallest absolute Gasteiger partial charge is 0.244 e. The molecule has 3 rings (SSSR count). The highest BCUT2D eigenvalue weighted by atomic mass is 32.1. The van der Waals surface area contributed by atoms with Gasteiger partial charge in [0, 0.05) is 35.2 Å². The van der Waals surface area contributed by atoms with Gasteiger partial charge in [-0.15, -0.1) is 11.3 Å². The van der Waals surface area contributed by atoms with Gasteiger partial charge in [0.15, 0.2) is 11.5 Å². The minimum absolute atomic E-state index is 0.175. The zero-order valence-corrected chi connectivity index (χ0v) is 18.9. The largest absolute Gasteiger partial charge is 0.496 e. The molecule has 0 unspecified atom stereocenters. The molecule has 0 aliphatic carbocycles. The Bertz CT molecular complexity index is 1060. The molecule has 1 aromatic heterocycles. The molecule has 7 heteroatoms. The molecule has 0 saturated carbocycles. The van der Waals surface area contributed by atoms with Crippen LogP contribution in [0.4, 0.5) is 0 Å². The highest BCUT2D eigenvalue weighted by molar-refractivity contribution is 7.09. The molecule has 0 aliphatic rings. The number of nitrogens with zero attached hydrogens (tertiary/aromatic N) is 1. The van der Waals surface area contributed by atoms with Crippen molar-refractivity contribution in [2.45, 2.75) is 13.3 Å². The molecule has 3 aromatic rings. The van der Waals surface area contributed by atoms with Crippen LogP contribution in [0.2, 0.25) is 0 Å². The van der Waals surface area contributed by atoms with E-state index >= 15 is 0 Å². The summed E-state index contributed by atoms with van der Waals surface area (Å²) in [6.07, 6.45) is 3.92. The van der Waals surface area contributed by atoms with Crippen LogP contribution in [0.15, 0.2) is 47.9 Å². The van der Waals surface area contributed by atoms with Crippen LogP contribution in [0, 0.1) is 6.92 Å². The van der Waals surface area contributed by atoms with Crippen LogP contribution < -0.4 is 19.5 Å². The molecule has 162 valence electrons. The summed E-state index contributed by atoms with van der Waals surface area (Å²) in [6, 6.07) is 11.8. The minimum atomic E-state index is -0.175. The van der Waals surface area contributed by atoms with E-state index in [-0.39, 0.29) is 5.91 Å². The molecule has 0 radical (unpaired) electrons. The fraction of sp³-hybridized carbons (Fsp3) is 0.250.